The number of aryl methyl sites for hydroxylation is 1. The van der Waals surface area contributed by atoms with Crippen molar-refractivity contribution in [2.24, 2.45) is 5.41 Å². The van der Waals surface area contributed by atoms with Gasteiger partial charge in [0.2, 0.25) is 10.0 Å². The molecule has 2 rings (SSSR count). The summed E-state index contributed by atoms with van der Waals surface area (Å²) in [5.41, 5.74) is 0.697. The molecule has 1 aromatic heterocycles. The van der Waals surface area contributed by atoms with E-state index in [1.54, 1.807) is 16.6 Å². The molecule has 0 saturated carbocycles. The zero-order valence-corrected chi connectivity index (χ0v) is 13.3. The lowest BCUT2D eigenvalue weighted by Crippen LogP contribution is -2.30. The van der Waals surface area contributed by atoms with Gasteiger partial charge in [0.1, 0.15) is 4.90 Å². The largest absolute Gasteiger partial charge is 0.390 e. The predicted molar refractivity (Wildman–Crippen MR) is 77.8 cm³/mol. The highest BCUT2D eigenvalue weighted by molar-refractivity contribution is 7.89. The molecule has 0 aromatic carbocycles. The Morgan fingerprint density at radius 1 is 1.40 bits per heavy atom. The standard InChI is InChI=1S/C14H24N2O3S/c1-4-6-15-9-13(8-12(15)10-17)20(18,19)16-7-5-14(2,3)11-16/h8-9,17H,4-7,10-11H2,1-3H3. The van der Waals surface area contributed by atoms with Crippen molar-refractivity contribution in [3.8, 4) is 0 Å². The number of sulfonamides is 1. The SMILES string of the molecule is CCCn1cc(S(=O)(=O)N2CCC(C)(C)C2)cc1CO. The Labute approximate surface area is 121 Å². The summed E-state index contributed by atoms with van der Waals surface area (Å²) in [6.45, 7) is 7.91. The molecule has 1 aromatic rings. The average Bonchev–Trinajstić information content (AvgIpc) is 2.93. The Hall–Kier alpha value is -0.850. The Morgan fingerprint density at radius 3 is 2.60 bits per heavy atom. The topological polar surface area (TPSA) is 62.5 Å². The van der Waals surface area contributed by atoms with Gasteiger partial charge in [0.05, 0.1) is 6.61 Å². The van der Waals surface area contributed by atoms with Gasteiger partial charge >= 0.3 is 0 Å². The van der Waals surface area contributed by atoms with E-state index in [1.165, 1.54) is 0 Å². The normalized spacial score (nSPS) is 19.6. The molecule has 1 aliphatic rings. The first-order valence-corrected chi connectivity index (χ1v) is 8.54. The summed E-state index contributed by atoms with van der Waals surface area (Å²) in [7, 11) is -3.44. The first-order chi connectivity index (χ1) is 9.30. The second-order valence-corrected chi connectivity index (χ2v) is 8.21. The molecule has 1 fully saturated rings. The number of aromatic nitrogens is 1. The summed E-state index contributed by atoms with van der Waals surface area (Å²) < 4.78 is 28.7. The first kappa shape index (κ1) is 15.5. The van der Waals surface area contributed by atoms with Crippen molar-refractivity contribution in [1.29, 1.82) is 0 Å². The summed E-state index contributed by atoms with van der Waals surface area (Å²) in [6, 6.07) is 1.59. The van der Waals surface area contributed by atoms with Crippen LogP contribution in [0.2, 0.25) is 0 Å². The summed E-state index contributed by atoms with van der Waals surface area (Å²) >= 11 is 0. The van der Waals surface area contributed by atoms with Gasteiger partial charge in [-0.3, -0.25) is 0 Å². The second-order valence-electron chi connectivity index (χ2n) is 6.27. The molecule has 0 atom stereocenters. The van der Waals surface area contributed by atoms with Crippen molar-refractivity contribution in [3.05, 3.63) is 18.0 Å². The highest BCUT2D eigenvalue weighted by Gasteiger charge is 2.37. The average molecular weight is 300 g/mol. The molecule has 0 aliphatic carbocycles. The van der Waals surface area contributed by atoms with Gasteiger partial charge in [-0.15, -0.1) is 0 Å². The van der Waals surface area contributed by atoms with Crippen LogP contribution in [0.4, 0.5) is 0 Å². The van der Waals surface area contributed by atoms with Crippen LogP contribution in [0.25, 0.3) is 0 Å². The van der Waals surface area contributed by atoms with Crippen molar-refractivity contribution >= 4 is 10.0 Å². The predicted octanol–water partition coefficient (Wildman–Crippen LogP) is 1.81. The van der Waals surface area contributed by atoms with Gasteiger partial charge in [-0.2, -0.15) is 4.31 Å². The third kappa shape index (κ3) is 2.92. The molecular weight excluding hydrogens is 276 g/mol. The number of hydrogen-bond donors (Lipinski definition) is 1. The van der Waals surface area contributed by atoms with E-state index < -0.39 is 10.0 Å². The molecule has 20 heavy (non-hydrogen) atoms. The summed E-state index contributed by atoms with van der Waals surface area (Å²) in [5, 5.41) is 9.34. The maximum absolute atomic E-state index is 12.6. The number of aliphatic hydroxyl groups excluding tert-OH is 1. The second kappa shape index (κ2) is 5.50. The quantitative estimate of drug-likeness (QED) is 0.902. The van der Waals surface area contributed by atoms with Gasteiger partial charge in [0.25, 0.3) is 0 Å². The van der Waals surface area contributed by atoms with Gasteiger partial charge in [0.15, 0.2) is 0 Å². The van der Waals surface area contributed by atoms with Crippen molar-refractivity contribution in [3.63, 3.8) is 0 Å². The first-order valence-electron chi connectivity index (χ1n) is 7.10. The summed E-state index contributed by atoms with van der Waals surface area (Å²) in [6.07, 6.45) is 3.43. The number of aliphatic hydroxyl groups is 1. The van der Waals surface area contributed by atoms with Crippen LogP contribution in [0, 0.1) is 5.41 Å². The third-order valence-corrected chi connectivity index (χ3v) is 5.68. The molecule has 2 heterocycles. The van der Waals surface area contributed by atoms with Gasteiger partial charge in [-0.25, -0.2) is 8.42 Å². The minimum atomic E-state index is -3.44. The number of hydrogen-bond acceptors (Lipinski definition) is 3. The zero-order chi connectivity index (χ0) is 15.0. The van der Waals surface area contributed by atoms with E-state index in [4.69, 9.17) is 0 Å². The van der Waals surface area contributed by atoms with E-state index in [9.17, 15) is 13.5 Å². The van der Waals surface area contributed by atoms with Crippen molar-refractivity contribution in [2.45, 2.75) is 51.7 Å². The molecule has 0 unspecified atom stereocenters. The Balaban J connectivity index is 2.30. The van der Waals surface area contributed by atoms with E-state index in [1.807, 2.05) is 11.5 Å². The maximum Gasteiger partial charge on any atom is 0.244 e. The molecule has 1 saturated heterocycles. The fourth-order valence-corrected chi connectivity index (χ4v) is 4.36. The van der Waals surface area contributed by atoms with E-state index in [2.05, 4.69) is 13.8 Å². The Morgan fingerprint density at radius 2 is 2.10 bits per heavy atom. The smallest absolute Gasteiger partial charge is 0.244 e. The summed E-state index contributed by atoms with van der Waals surface area (Å²) in [4.78, 5) is 0.299. The molecule has 1 aliphatic heterocycles. The lowest BCUT2D eigenvalue weighted by atomic mass is 9.93. The minimum absolute atomic E-state index is 0.0405. The summed E-state index contributed by atoms with van der Waals surface area (Å²) in [5.74, 6) is 0. The highest BCUT2D eigenvalue weighted by Crippen LogP contribution is 2.33. The lowest BCUT2D eigenvalue weighted by molar-refractivity contribution is 0.270. The molecule has 5 nitrogen and oxygen atoms in total. The van der Waals surface area contributed by atoms with Crippen LogP contribution >= 0.6 is 0 Å². The third-order valence-electron chi connectivity index (χ3n) is 3.87. The van der Waals surface area contributed by atoms with E-state index in [0.29, 0.717) is 23.7 Å². The van der Waals surface area contributed by atoms with Crippen LogP contribution in [-0.4, -0.2) is 35.5 Å². The van der Waals surface area contributed by atoms with Crippen LogP contribution in [0.5, 0.6) is 0 Å². The van der Waals surface area contributed by atoms with Crippen LogP contribution < -0.4 is 0 Å². The van der Waals surface area contributed by atoms with Crippen LogP contribution in [-0.2, 0) is 23.2 Å². The molecule has 0 amide bonds. The zero-order valence-electron chi connectivity index (χ0n) is 12.5. The van der Waals surface area contributed by atoms with Crippen LogP contribution in [0.3, 0.4) is 0 Å². The van der Waals surface area contributed by atoms with Crippen LogP contribution in [0.15, 0.2) is 17.2 Å². The maximum atomic E-state index is 12.6. The monoisotopic (exact) mass is 300 g/mol. The van der Waals surface area contributed by atoms with Crippen molar-refractivity contribution in [2.75, 3.05) is 13.1 Å². The number of nitrogens with zero attached hydrogens (tertiary/aromatic N) is 2. The van der Waals surface area contributed by atoms with Crippen molar-refractivity contribution < 1.29 is 13.5 Å². The Kier molecular flexibility index (Phi) is 4.27. The molecule has 0 spiro atoms. The van der Waals surface area contributed by atoms with Gasteiger partial charge in [0, 0.05) is 31.5 Å². The van der Waals surface area contributed by atoms with E-state index >= 15 is 0 Å². The molecule has 6 heteroatoms. The van der Waals surface area contributed by atoms with Gasteiger partial charge < -0.3 is 9.67 Å². The fraction of sp³-hybridized carbons (Fsp3) is 0.714. The van der Waals surface area contributed by atoms with Gasteiger partial charge in [-0.1, -0.05) is 20.8 Å². The highest BCUT2D eigenvalue weighted by atomic mass is 32.2. The molecule has 114 valence electrons. The van der Waals surface area contributed by atoms with Crippen molar-refractivity contribution in [1.82, 2.24) is 8.87 Å². The van der Waals surface area contributed by atoms with Gasteiger partial charge in [-0.05, 0) is 24.3 Å². The van der Waals surface area contributed by atoms with E-state index in [-0.39, 0.29) is 12.0 Å². The molecule has 0 radical (unpaired) electrons. The lowest BCUT2D eigenvalue weighted by Gasteiger charge is -2.19. The number of rotatable bonds is 5. The van der Waals surface area contributed by atoms with Crippen LogP contribution in [0.1, 0.15) is 39.3 Å². The van der Waals surface area contributed by atoms with E-state index in [0.717, 1.165) is 19.4 Å². The molecule has 0 bridgehead atoms. The fourth-order valence-electron chi connectivity index (χ4n) is 2.66. The Bertz CT molecular complexity index is 575. The molecule has 1 N–H and O–H groups in total. The minimum Gasteiger partial charge on any atom is -0.390 e. The molecular formula is C14H24N2O3S.